The number of aromatic nitrogens is 4. The van der Waals surface area contributed by atoms with Crippen molar-refractivity contribution in [2.24, 2.45) is 0 Å². The Labute approximate surface area is 182 Å². The molecule has 0 radical (unpaired) electrons. The molecule has 1 aliphatic rings. The number of hydrogen-bond donors (Lipinski definition) is 2. The summed E-state index contributed by atoms with van der Waals surface area (Å²) in [5.74, 6) is 1.91. The molecule has 1 fully saturated rings. The summed E-state index contributed by atoms with van der Waals surface area (Å²) in [5, 5.41) is 12.9. The highest BCUT2D eigenvalue weighted by Gasteiger charge is 2.20. The van der Waals surface area contributed by atoms with Crippen LogP contribution in [0, 0.1) is 0 Å². The Morgan fingerprint density at radius 3 is 2.73 bits per heavy atom. The van der Waals surface area contributed by atoms with Crippen molar-refractivity contribution < 1.29 is 4.74 Å². The van der Waals surface area contributed by atoms with Gasteiger partial charge in [-0.25, -0.2) is 4.98 Å². The van der Waals surface area contributed by atoms with Crippen LogP contribution in [0.1, 0.15) is 56.7 Å². The monoisotopic (exact) mass is 426 g/mol. The molecule has 0 saturated carbocycles. The molecule has 0 amide bonds. The molecule has 7 nitrogen and oxygen atoms in total. The topological polar surface area (TPSA) is 76.4 Å². The van der Waals surface area contributed by atoms with Gasteiger partial charge in [-0.15, -0.1) is 0 Å². The molecule has 1 unspecified atom stereocenters. The first-order valence-corrected chi connectivity index (χ1v) is 11.5. The lowest BCUT2D eigenvalue weighted by atomic mass is 10.1. The highest BCUT2D eigenvalue weighted by atomic mass is 32.2. The van der Waals surface area contributed by atoms with Crippen LogP contribution in [0.5, 0.6) is 5.75 Å². The summed E-state index contributed by atoms with van der Waals surface area (Å²) in [5.41, 5.74) is 3.16. The van der Waals surface area contributed by atoms with Crippen LogP contribution in [0.3, 0.4) is 0 Å². The number of nitrogens with one attached hydrogen (secondary N) is 2. The molecule has 3 aromatic rings. The summed E-state index contributed by atoms with van der Waals surface area (Å²) in [7, 11) is 1.69. The van der Waals surface area contributed by atoms with Crippen molar-refractivity contribution >= 4 is 23.4 Å². The Balaban J connectivity index is 1.67. The number of hydrogen-bond acceptors (Lipinski definition) is 7. The SMILES string of the molecule is COc1cccc(C(C)Nc2nc(SC3CCNCC3)nc3c(C(C)C)cnn23)c1. The van der Waals surface area contributed by atoms with Crippen molar-refractivity contribution in [2.75, 3.05) is 25.5 Å². The minimum atomic E-state index is 0.0432. The second-order valence-corrected chi connectivity index (χ2v) is 9.30. The van der Waals surface area contributed by atoms with Gasteiger partial charge in [0.15, 0.2) is 10.8 Å². The van der Waals surface area contributed by atoms with Crippen LogP contribution < -0.4 is 15.4 Å². The van der Waals surface area contributed by atoms with Crippen LogP contribution >= 0.6 is 11.8 Å². The third-order valence-electron chi connectivity index (χ3n) is 5.49. The van der Waals surface area contributed by atoms with Crippen LogP contribution in [0.4, 0.5) is 5.95 Å². The third-order valence-corrected chi connectivity index (χ3v) is 6.69. The predicted octanol–water partition coefficient (Wildman–Crippen LogP) is 4.27. The summed E-state index contributed by atoms with van der Waals surface area (Å²) < 4.78 is 7.21. The van der Waals surface area contributed by atoms with Crippen molar-refractivity contribution in [2.45, 2.75) is 56.0 Å². The molecule has 8 heteroatoms. The van der Waals surface area contributed by atoms with E-state index in [-0.39, 0.29) is 6.04 Å². The first kappa shape index (κ1) is 20.9. The van der Waals surface area contributed by atoms with Crippen LogP contribution in [0.15, 0.2) is 35.6 Å². The number of piperidine rings is 1. The lowest BCUT2D eigenvalue weighted by Gasteiger charge is -2.22. The van der Waals surface area contributed by atoms with Gasteiger partial charge in [-0.05, 0) is 56.5 Å². The first-order chi connectivity index (χ1) is 14.5. The van der Waals surface area contributed by atoms with Gasteiger partial charge in [0.1, 0.15) is 5.75 Å². The molecular formula is C22H30N6OS. The molecule has 0 bridgehead atoms. The zero-order valence-electron chi connectivity index (χ0n) is 18.1. The summed E-state index contributed by atoms with van der Waals surface area (Å²) in [6, 6.07) is 8.14. The lowest BCUT2D eigenvalue weighted by Crippen LogP contribution is -2.29. The van der Waals surface area contributed by atoms with Gasteiger partial charge >= 0.3 is 0 Å². The Hall–Kier alpha value is -2.32. The number of thioether (sulfide) groups is 1. The maximum atomic E-state index is 5.38. The summed E-state index contributed by atoms with van der Waals surface area (Å²) >= 11 is 1.78. The molecule has 30 heavy (non-hydrogen) atoms. The van der Waals surface area contributed by atoms with Gasteiger partial charge in [0, 0.05) is 10.8 Å². The van der Waals surface area contributed by atoms with E-state index in [9.17, 15) is 0 Å². The van der Waals surface area contributed by atoms with Crippen LogP contribution in [0.2, 0.25) is 0 Å². The molecule has 3 heterocycles. The lowest BCUT2D eigenvalue weighted by molar-refractivity contribution is 0.414. The smallest absolute Gasteiger partial charge is 0.228 e. The molecule has 2 N–H and O–H groups in total. The van der Waals surface area contributed by atoms with E-state index in [1.165, 1.54) is 0 Å². The fourth-order valence-electron chi connectivity index (χ4n) is 3.68. The fraction of sp³-hybridized carbons (Fsp3) is 0.500. The molecular weight excluding hydrogens is 396 g/mol. The average molecular weight is 427 g/mol. The number of fused-ring (bicyclic) bond motifs is 1. The van der Waals surface area contributed by atoms with Crippen molar-refractivity contribution in [3.05, 3.63) is 41.6 Å². The maximum absolute atomic E-state index is 5.38. The number of rotatable bonds is 7. The minimum Gasteiger partial charge on any atom is -0.497 e. The van der Waals surface area contributed by atoms with Gasteiger partial charge in [0.25, 0.3) is 0 Å². The maximum Gasteiger partial charge on any atom is 0.228 e. The normalized spacial score (nSPS) is 16.2. The average Bonchev–Trinajstić information content (AvgIpc) is 3.19. The van der Waals surface area contributed by atoms with E-state index >= 15 is 0 Å². The number of benzene rings is 1. The van der Waals surface area contributed by atoms with Gasteiger partial charge < -0.3 is 15.4 Å². The molecule has 0 aliphatic carbocycles. The van der Waals surface area contributed by atoms with Crippen LogP contribution in [-0.2, 0) is 0 Å². The van der Waals surface area contributed by atoms with E-state index in [1.807, 2.05) is 28.9 Å². The molecule has 2 aromatic heterocycles. The number of ether oxygens (including phenoxy) is 1. The molecule has 1 atom stereocenters. The largest absolute Gasteiger partial charge is 0.497 e. The van der Waals surface area contributed by atoms with Gasteiger partial charge in [-0.2, -0.15) is 14.6 Å². The second kappa shape index (κ2) is 9.22. The molecule has 1 saturated heterocycles. The number of nitrogens with zero attached hydrogens (tertiary/aromatic N) is 4. The molecule has 0 spiro atoms. The van der Waals surface area contributed by atoms with Crippen molar-refractivity contribution in [3.63, 3.8) is 0 Å². The standard InChI is InChI=1S/C22H30N6OS/c1-14(2)19-13-24-28-20(19)26-22(30-18-8-10-23-11-9-18)27-21(28)25-15(3)16-6-5-7-17(12-16)29-4/h5-7,12-15,18,23H,8-11H2,1-4H3,(H,25,26,27). The molecule has 160 valence electrons. The Bertz CT molecular complexity index is 998. The van der Waals surface area contributed by atoms with E-state index in [2.05, 4.69) is 42.6 Å². The van der Waals surface area contributed by atoms with Crippen LogP contribution in [0.25, 0.3) is 5.65 Å². The van der Waals surface area contributed by atoms with Gasteiger partial charge in [-0.1, -0.05) is 37.7 Å². The highest BCUT2D eigenvalue weighted by Crippen LogP contribution is 2.30. The second-order valence-electron chi connectivity index (χ2n) is 8.03. The Morgan fingerprint density at radius 1 is 1.20 bits per heavy atom. The zero-order valence-corrected chi connectivity index (χ0v) is 18.9. The summed E-state index contributed by atoms with van der Waals surface area (Å²) in [4.78, 5) is 9.76. The van der Waals surface area contributed by atoms with Gasteiger partial charge in [-0.3, -0.25) is 0 Å². The van der Waals surface area contributed by atoms with Crippen molar-refractivity contribution in [3.8, 4) is 5.75 Å². The molecule has 4 rings (SSSR count). The van der Waals surface area contributed by atoms with Crippen molar-refractivity contribution in [1.82, 2.24) is 24.9 Å². The summed E-state index contributed by atoms with van der Waals surface area (Å²) in [6.07, 6.45) is 4.19. The molecule has 1 aromatic carbocycles. The van der Waals surface area contributed by atoms with Crippen LogP contribution in [-0.4, -0.2) is 45.0 Å². The van der Waals surface area contributed by atoms with E-state index in [1.54, 1.807) is 18.9 Å². The highest BCUT2D eigenvalue weighted by molar-refractivity contribution is 7.99. The predicted molar refractivity (Wildman–Crippen MR) is 122 cm³/mol. The Kier molecular flexibility index (Phi) is 6.43. The summed E-state index contributed by atoms with van der Waals surface area (Å²) in [6.45, 7) is 8.58. The first-order valence-electron chi connectivity index (χ1n) is 10.6. The van der Waals surface area contributed by atoms with Crippen molar-refractivity contribution in [1.29, 1.82) is 0 Å². The third kappa shape index (κ3) is 4.54. The quantitative estimate of drug-likeness (QED) is 0.584. The minimum absolute atomic E-state index is 0.0432. The van der Waals surface area contributed by atoms with E-state index in [4.69, 9.17) is 14.7 Å². The van der Waals surface area contributed by atoms with E-state index < -0.39 is 0 Å². The van der Waals surface area contributed by atoms with Gasteiger partial charge in [0.2, 0.25) is 5.95 Å². The van der Waals surface area contributed by atoms with Gasteiger partial charge in [0.05, 0.1) is 19.3 Å². The van der Waals surface area contributed by atoms with E-state index in [0.717, 1.165) is 59.6 Å². The fourth-order valence-corrected chi connectivity index (χ4v) is 4.73. The Morgan fingerprint density at radius 2 is 2.00 bits per heavy atom. The number of anilines is 1. The zero-order chi connectivity index (χ0) is 21.1. The molecule has 1 aliphatic heterocycles. The number of methoxy groups -OCH3 is 1. The van der Waals surface area contributed by atoms with E-state index in [0.29, 0.717) is 11.2 Å².